The Balaban J connectivity index is 2.26. The minimum atomic E-state index is -3.34. The SMILES string of the molecule is CCS(=O)(=O)N1CCC(C(=O)NCC(C)(O)C(=O)O)(c2ccccc2)CC1. The number of nitrogens with zero attached hydrogens (tertiary/aromatic N) is 1. The van der Waals surface area contributed by atoms with E-state index in [0.29, 0.717) is 0 Å². The number of hydrogen-bond donors (Lipinski definition) is 3. The van der Waals surface area contributed by atoms with E-state index in [9.17, 15) is 23.1 Å². The molecule has 1 aliphatic rings. The van der Waals surface area contributed by atoms with E-state index in [1.807, 2.05) is 6.07 Å². The van der Waals surface area contributed by atoms with Crippen LogP contribution in [-0.4, -0.2) is 65.8 Å². The second kappa shape index (κ2) is 7.95. The molecule has 0 bridgehead atoms. The normalized spacial score (nSPS) is 19.8. The second-order valence-corrected chi connectivity index (χ2v) is 9.27. The quantitative estimate of drug-likeness (QED) is 0.608. The molecule has 1 heterocycles. The second-order valence-electron chi connectivity index (χ2n) is 7.01. The Morgan fingerprint density at radius 3 is 2.26 bits per heavy atom. The first-order valence-corrected chi connectivity index (χ1v) is 10.4. The minimum Gasteiger partial charge on any atom is -0.479 e. The van der Waals surface area contributed by atoms with Gasteiger partial charge in [-0.1, -0.05) is 30.3 Å². The largest absolute Gasteiger partial charge is 0.479 e. The van der Waals surface area contributed by atoms with Crippen LogP contribution in [0.3, 0.4) is 0 Å². The maximum Gasteiger partial charge on any atom is 0.337 e. The average Bonchev–Trinajstić information content (AvgIpc) is 2.66. The number of rotatable bonds is 7. The van der Waals surface area contributed by atoms with Crippen LogP contribution >= 0.6 is 0 Å². The van der Waals surface area contributed by atoms with Gasteiger partial charge in [0.25, 0.3) is 0 Å². The summed E-state index contributed by atoms with van der Waals surface area (Å²) in [6.07, 6.45) is 0.550. The zero-order valence-corrected chi connectivity index (χ0v) is 16.3. The molecule has 27 heavy (non-hydrogen) atoms. The van der Waals surface area contributed by atoms with E-state index in [1.54, 1.807) is 31.2 Å². The fourth-order valence-electron chi connectivity index (χ4n) is 3.23. The zero-order chi connectivity index (χ0) is 20.3. The van der Waals surface area contributed by atoms with Crippen LogP contribution in [0.1, 0.15) is 32.3 Å². The Morgan fingerprint density at radius 1 is 1.22 bits per heavy atom. The molecule has 1 aliphatic heterocycles. The molecular formula is C18H26N2O6S. The summed E-state index contributed by atoms with van der Waals surface area (Å²) in [6, 6.07) is 9.03. The third kappa shape index (κ3) is 4.48. The Bertz CT molecular complexity index is 783. The number of sulfonamides is 1. The molecule has 1 atom stereocenters. The van der Waals surface area contributed by atoms with Gasteiger partial charge in [0.2, 0.25) is 15.9 Å². The Kier molecular flexibility index (Phi) is 6.28. The van der Waals surface area contributed by atoms with Gasteiger partial charge in [0.1, 0.15) is 0 Å². The zero-order valence-electron chi connectivity index (χ0n) is 15.5. The first kappa shape index (κ1) is 21.3. The van der Waals surface area contributed by atoms with Crippen LogP contribution in [0, 0.1) is 0 Å². The maximum absolute atomic E-state index is 13.0. The van der Waals surface area contributed by atoms with Gasteiger partial charge in [-0.05, 0) is 32.3 Å². The summed E-state index contributed by atoms with van der Waals surface area (Å²) in [7, 11) is -3.34. The predicted molar refractivity (Wildman–Crippen MR) is 99.7 cm³/mol. The van der Waals surface area contributed by atoms with Crippen molar-refractivity contribution in [1.29, 1.82) is 0 Å². The molecule has 0 radical (unpaired) electrons. The van der Waals surface area contributed by atoms with E-state index in [1.165, 1.54) is 4.31 Å². The van der Waals surface area contributed by atoms with Crippen molar-refractivity contribution in [2.24, 2.45) is 0 Å². The number of hydrogen-bond acceptors (Lipinski definition) is 5. The van der Waals surface area contributed by atoms with Crippen LogP contribution in [0.15, 0.2) is 30.3 Å². The molecule has 1 aromatic carbocycles. The Labute approximate surface area is 159 Å². The molecule has 8 nitrogen and oxygen atoms in total. The van der Waals surface area contributed by atoms with Crippen LogP contribution in [-0.2, 0) is 25.0 Å². The first-order valence-electron chi connectivity index (χ1n) is 8.82. The maximum atomic E-state index is 13.0. The summed E-state index contributed by atoms with van der Waals surface area (Å²) in [5.74, 6) is -1.84. The lowest BCUT2D eigenvalue weighted by Crippen LogP contribution is -2.56. The summed E-state index contributed by atoms with van der Waals surface area (Å²) in [4.78, 5) is 24.1. The Morgan fingerprint density at radius 2 is 1.78 bits per heavy atom. The van der Waals surface area contributed by atoms with Crippen molar-refractivity contribution < 1.29 is 28.2 Å². The van der Waals surface area contributed by atoms with E-state index in [4.69, 9.17) is 5.11 Å². The monoisotopic (exact) mass is 398 g/mol. The smallest absolute Gasteiger partial charge is 0.337 e. The van der Waals surface area contributed by atoms with Gasteiger partial charge in [0.05, 0.1) is 17.7 Å². The summed E-state index contributed by atoms with van der Waals surface area (Å²) < 4.78 is 25.6. The van der Waals surface area contributed by atoms with Gasteiger partial charge in [-0.15, -0.1) is 0 Å². The first-order chi connectivity index (χ1) is 12.5. The molecule has 3 N–H and O–H groups in total. The van der Waals surface area contributed by atoms with E-state index in [-0.39, 0.29) is 31.7 Å². The van der Waals surface area contributed by atoms with Crippen molar-refractivity contribution in [2.75, 3.05) is 25.4 Å². The third-order valence-corrected chi connectivity index (χ3v) is 7.03. The molecule has 1 saturated heterocycles. The van der Waals surface area contributed by atoms with Gasteiger partial charge in [0.15, 0.2) is 5.60 Å². The number of carboxylic acids is 1. The highest BCUT2D eigenvalue weighted by Gasteiger charge is 2.45. The average molecular weight is 398 g/mol. The molecule has 1 aromatic rings. The number of carboxylic acid groups (broad SMARTS) is 1. The highest BCUT2D eigenvalue weighted by atomic mass is 32.2. The molecule has 0 aromatic heterocycles. The number of aliphatic hydroxyl groups is 1. The number of amides is 1. The number of nitrogens with one attached hydrogen (secondary N) is 1. The molecule has 1 amide bonds. The van der Waals surface area contributed by atoms with E-state index >= 15 is 0 Å². The molecule has 0 aliphatic carbocycles. The van der Waals surface area contributed by atoms with E-state index in [0.717, 1.165) is 12.5 Å². The number of aliphatic carboxylic acids is 1. The molecule has 1 fully saturated rings. The van der Waals surface area contributed by atoms with Crippen molar-refractivity contribution in [2.45, 2.75) is 37.7 Å². The summed E-state index contributed by atoms with van der Waals surface area (Å²) >= 11 is 0. The van der Waals surface area contributed by atoms with Gasteiger partial charge >= 0.3 is 5.97 Å². The summed E-state index contributed by atoms with van der Waals surface area (Å²) in [5, 5.41) is 21.4. The molecule has 9 heteroatoms. The molecular weight excluding hydrogens is 372 g/mol. The number of benzene rings is 1. The number of carbonyl (C=O) groups is 2. The predicted octanol–water partition coefficient (Wildman–Crippen LogP) is 0.322. The lowest BCUT2D eigenvalue weighted by atomic mass is 9.72. The van der Waals surface area contributed by atoms with E-state index in [2.05, 4.69) is 5.32 Å². The van der Waals surface area contributed by atoms with Crippen LogP contribution in [0.5, 0.6) is 0 Å². The molecule has 0 saturated carbocycles. The fraction of sp³-hybridized carbons (Fsp3) is 0.556. The topological polar surface area (TPSA) is 124 Å². The minimum absolute atomic E-state index is 0.000980. The summed E-state index contributed by atoms with van der Waals surface area (Å²) in [5.41, 5.74) is -2.32. The van der Waals surface area contributed by atoms with Gasteiger partial charge in [-0.25, -0.2) is 17.5 Å². The highest BCUT2D eigenvalue weighted by molar-refractivity contribution is 7.89. The van der Waals surface area contributed by atoms with Crippen molar-refractivity contribution >= 4 is 21.9 Å². The lowest BCUT2D eigenvalue weighted by Gasteiger charge is -2.40. The van der Waals surface area contributed by atoms with Crippen LogP contribution in [0.4, 0.5) is 0 Å². The van der Waals surface area contributed by atoms with Gasteiger partial charge in [0, 0.05) is 13.1 Å². The van der Waals surface area contributed by atoms with Gasteiger partial charge in [-0.2, -0.15) is 0 Å². The lowest BCUT2D eigenvalue weighted by molar-refractivity contribution is -0.156. The van der Waals surface area contributed by atoms with Crippen molar-refractivity contribution in [3.8, 4) is 0 Å². The number of carbonyl (C=O) groups excluding carboxylic acids is 1. The Hall–Kier alpha value is -1.97. The fourth-order valence-corrected chi connectivity index (χ4v) is 4.33. The molecule has 150 valence electrons. The standard InChI is InChI=1S/C18H26N2O6S/c1-3-27(25,26)20-11-9-18(10-12-20,14-7-5-4-6-8-14)15(21)19-13-17(2,24)16(22)23/h4-8,24H,3,9-13H2,1-2H3,(H,19,21)(H,22,23). The summed E-state index contributed by atoms with van der Waals surface area (Å²) in [6.45, 7) is 2.66. The number of piperidine rings is 1. The molecule has 2 rings (SSSR count). The van der Waals surface area contributed by atoms with Crippen LogP contribution < -0.4 is 5.32 Å². The van der Waals surface area contributed by atoms with Gasteiger partial charge in [-0.3, -0.25) is 4.79 Å². The van der Waals surface area contributed by atoms with Gasteiger partial charge < -0.3 is 15.5 Å². The third-order valence-electron chi connectivity index (χ3n) is 5.15. The van der Waals surface area contributed by atoms with Crippen molar-refractivity contribution in [1.82, 2.24) is 9.62 Å². The van der Waals surface area contributed by atoms with Crippen LogP contribution in [0.25, 0.3) is 0 Å². The molecule has 1 unspecified atom stereocenters. The van der Waals surface area contributed by atoms with Crippen molar-refractivity contribution in [3.05, 3.63) is 35.9 Å². The van der Waals surface area contributed by atoms with Crippen LogP contribution in [0.2, 0.25) is 0 Å². The highest BCUT2D eigenvalue weighted by Crippen LogP contribution is 2.36. The van der Waals surface area contributed by atoms with Crippen molar-refractivity contribution in [3.63, 3.8) is 0 Å². The van der Waals surface area contributed by atoms with E-state index < -0.39 is 39.5 Å². The molecule has 0 spiro atoms.